The molecule has 0 saturated heterocycles. The predicted octanol–water partition coefficient (Wildman–Crippen LogP) is 0.700. The predicted molar refractivity (Wildman–Crippen MR) is 78.7 cm³/mol. The second kappa shape index (κ2) is 8.02. The van der Waals surface area contributed by atoms with Crippen LogP contribution in [0, 0.1) is 11.8 Å². The van der Waals surface area contributed by atoms with Crippen molar-refractivity contribution >= 4 is 10.0 Å². The van der Waals surface area contributed by atoms with Crippen LogP contribution in [-0.2, 0) is 14.8 Å². The molecule has 0 bridgehead atoms. The lowest BCUT2D eigenvalue weighted by molar-refractivity contribution is 0.0834. The Morgan fingerprint density at radius 1 is 1.35 bits per heavy atom. The summed E-state index contributed by atoms with van der Waals surface area (Å²) in [4.78, 5) is 0.158. The minimum absolute atomic E-state index is 0.0715. The van der Waals surface area contributed by atoms with E-state index in [0.717, 1.165) is 0 Å². The largest absolute Gasteiger partial charge is 0.377 e. The molecule has 0 amide bonds. The minimum atomic E-state index is -3.59. The molecular weight excluding hydrogens is 276 g/mol. The summed E-state index contributed by atoms with van der Waals surface area (Å²) in [5.41, 5.74) is 5.75. The Hall–Kier alpha value is -1.39. The minimum Gasteiger partial charge on any atom is -0.377 e. The second-order valence-electron chi connectivity index (χ2n) is 4.32. The molecule has 0 unspecified atom stereocenters. The zero-order valence-corrected chi connectivity index (χ0v) is 12.5. The van der Waals surface area contributed by atoms with Crippen LogP contribution in [0.4, 0.5) is 0 Å². The Kier molecular flexibility index (Phi) is 6.68. The quantitative estimate of drug-likeness (QED) is 0.598. The highest BCUT2D eigenvalue weighted by molar-refractivity contribution is 7.89. The van der Waals surface area contributed by atoms with E-state index in [4.69, 9.17) is 10.5 Å². The zero-order chi connectivity index (χ0) is 15.0. The summed E-state index contributed by atoms with van der Waals surface area (Å²) in [7, 11) is -3.59. The van der Waals surface area contributed by atoms with Crippen molar-refractivity contribution in [2.45, 2.75) is 24.8 Å². The van der Waals surface area contributed by atoms with Gasteiger partial charge in [-0.15, -0.1) is 0 Å². The highest BCUT2D eigenvalue weighted by atomic mass is 32.2. The second-order valence-corrected chi connectivity index (χ2v) is 6.05. The van der Waals surface area contributed by atoms with E-state index in [1.165, 1.54) is 6.07 Å². The molecule has 0 aliphatic heterocycles. The topological polar surface area (TPSA) is 81.4 Å². The summed E-state index contributed by atoms with van der Waals surface area (Å²) in [6.07, 6.45) is 0.0715. The van der Waals surface area contributed by atoms with E-state index in [-0.39, 0.29) is 24.1 Å². The van der Waals surface area contributed by atoms with Gasteiger partial charge in [-0.05, 0) is 26.0 Å². The summed E-state index contributed by atoms with van der Waals surface area (Å²) in [5, 5.41) is 0. The maximum absolute atomic E-state index is 12.2. The van der Waals surface area contributed by atoms with E-state index in [1.54, 1.807) is 18.2 Å². The Morgan fingerprint density at radius 3 is 2.70 bits per heavy atom. The van der Waals surface area contributed by atoms with Crippen molar-refractivity contribution in [3.63, 3.8) is 0 Å². The third-order valence-electron chi connectivity index (χ3n) is 2.35. The van der Waals surface area contributed by atoms with Crippen LogP contribution in [-0.4, -0.2) is 34.2 Å². The zero-order valence-electron chi connectivity index (χ0n) is 11.7. The third-order valence-corrected chi connectivity index (χ3v) is 3.87. The average molecular weight is 296 g/mol. The molecule has 0 aliphatic carbocycles. The number of ether oxygens (including phenoxy) is 1. The molecule has 1 aromatic carbocycles. The first-order valence-corrected chi connectivity index (χ1v) is 7.85. The van der Waals surface area contributed by atoms with Gasteiger partial charge in [-0.25, -0.2) is 13.1 Å². The van der Waals surface area contributed by atoms with E-state index >= 15 is 0 Å². The standard InChI is InChI=1S/C14H20N2O3S/c1-12(2)19-11-10-16-20(17,18)14-8-4-3-6-13(14)7-5-9-15/h3-4,6,8,12,16H,9-11,15H2,1-2H3. The lowest BCUT2D eigenvalue weighted by atomic mass is 10.2. The normalized spacial score (nSPS) is 11.2. The summed E-state index contributed by atoms with van der Waals surface area (Å²) in [5.74, 6) is 5.42. The number of hydrogen-bond donors (Lipinski definition) is 2. The molecule has 6 heteroatoms. The number of nitrogens with two attached hydrogens (primary N) is 1. The fourth-order valence-corrected chi connectivity index (χ4v) is 2.67. The molecule has 3 N–H and O–H groups in total. The average Bonchev–Trinajstić information content (AvgIpc) is 2.41. The molecule has 110 valence electrons. The molecule has 1 aromatic rings. The summed E-state index contributed by atoms with van der Waals surface area (Å²) >= 11 is 0. The molecule has 0 saturated carbocycles. The van der Waals surface area contributed by atoms with Gasteiger partial charge in [0.1, 0.15) is 0 Å². The number of rotatable bonds is 6. The molecule has 0 fully saturated rings. The first-order valence-electron chi connectivity index (χ1n) is 6.36. The Labute approximate surface area is 120 Å². The highest BCUT2D eigenvalue weighted by Crippen LogP contribution is 2.13. The highest BCUT2D eigenvalue weighted by Gasteiger charge is 2.16. The van der Waals surface area contributed by atoms with Crippen LogP contribution < -0.4 is 10.5 Å². The van der Waals surface area contributed by atoms with Gasteiger partial charge in [0.15, 0.2) is 0 Å². The van der Waals surface area contributed by atoms with Crippen molar-refractivity contribution in [2.24, 2.45) is 5.73 Å². The molecule has 20 heavy (non-hydrogen) atoms. The van der Waals surface area contributed by atoms with Crippen LogP contribution in [0.3, 0.4) is 0 Å². The number of nitrogens with one attached hydrogen (secondary N) is 1. The molecule has 0 heterocycles. The molecule has 1 rings (SSSR count). The molecule has 0 atom stereocenters. The van der Waals surface area contributed by atoms with Gasteiger partial charge in [-0.1, -0.05) is 24.0 Å². The first kappa shape index (κ1) is 16.7. The van der Waals surface area contributed by atoms with Gasteiger partial charge in [-0.2, -0.15) is 0 Å². The van der Waals surface area contributed by atoms with Gasteiger partial charge in [-0.3, -0.25) is 0 Å². The smallest absolute Gasteiger partial charge is 0.241 e. The van der Waals surface area contributed by atoms with Crippen molar-refractivity contribution in [3.8, 4) is 11.8 Å². The Bertz CT molecular complexity index is 586. The third kappa shape index (κ3) is 5.31. The van der Waals surface area contributed by atoms with Gasteiger partial charge < -0.3 is 10.5 Å². The lowest BCUT2D eigenvalue weighted by Gasteiger charge is -2.10. The van der Waals surface area contributed by atoms with Crippen LogP contribution in [0.2, 0.25) is 0 Å². The Balaban J connectivity index is 2.82. The number of sulfonamides is 1. The van der Waals surface area contributed by atoms with Crippen LogP contribution in [0.25, 0.3) is 0 Å². The van der Waals surface area contributed by atoms with Gasteiger partial charge in [0.05, 0.1) is 24.2 Å². The maximum atomic E-state index is 12.2. The van der Waals surface area contributed by atoms with Crippen molar-refractivity contribution in [2.75, 3.05) is 19.7 Å². The van der Waals surface area contributed by atoms with E-state index in [9.17, 15) is 8.42 Å². The summed E-state index contributed by atoms with van der Waals surface area (Å²) in [6.45, 7) is 4.52. The molecule has 5 nitrogen and oxygen atoms in total. The van der Waals surface area contributed by atoms with Gasteiger partial charge in [0, 0.05) is 12.1 Å². The first-order chi connectivity index (χ1) is 9.47. The van der Waals surface area contributed by atoms with Crippen molar-refractivity contribution in [1.29, 1.82) is 0 Å². The summed E-state index contributed by atoms with van der Waals surface area (Å²) in [6, 6.07) is 6.57. The van der Waals surface area contributed by atoms with E-state index < -0.39 is 10.0 Å². The van der Waals surface area contributed by atoms with Crippen LogP contribution in [0.5, 0.6) is 0 Å². The molecule has 0 spiro atoms. The van der Waals surface area contributed by atoms with E-state index in [0.29, 0.717) is 12.2 Å². The van der Waals surface area contributed by atoms with Gasteiger partial charge in [0.25, 0.3) is 0 Å². The van der Waals surface area contributed by atoms with Crippen LogP contribution in [0.1, 0.15) is 19.4 Å². The fourth-order valence-electron chi connectivity index (χ4n) is 1.50. The molecular formula is C14H20N2O3S. The molecule has 0 radical (unpaired) electrons. The van der Waals surface area contributed by atoms with E-state index in [2.05, 4.69) is 16.6 Å². The monoisotopic (exact) mass is 296 g/mol. The van der Waals surface area contributed by atoms with Crippen molar-refractivity contribution in [3.05, 3.63) is 29.8 Å². The number of hydrogen-bond acceptors (Lipinski definition) is 4. The Morgan fingerprint density at radius 2 is 2.05 bits per heavy atom. The molecule has 0 aliphatic rings. The number of benzene rings is 1. The van der Waals surface area contributed by atoms with Crippen molar-refractivity contribution in [1.82, 2.24) is 4.72 Å². The van der Waals surface area contributed by atoms with Gasteiger partial charge >= 0.3 is 0 Å². The SMILES string of the molecule is CC(C)OCCNS(=O)(=O)c1ccccc1C#CCN. The van der Waals surface area contributed by atoms with Crippen molar-refractivity contribution < 1.29 is 13.2 Å². The van der Waals surface area contributed by atoms with Gasteiger partial charge in [0.2, 0.25) is 10.0 Å². The maximum Gasteiger partial charge on any atom is 0.241 e. The fraction of sp³-hybridized carbons (Fsp3) is 0.429. The van der Waals surface area contributed by atoms with Crippen LogP contribution in [0.15, 0.2) is 29.2 Å². The van der Waals surface area contributed by atoms with E-state index in [1.807, 2.05) is 13.8 Å². The molecule has 0 aromatic heterocycles. The van der Waals surface area contributed by atoms with Crippen LogP contribution >= 0.6 is 0 Å². The lowest BCUT2D eigenvalue weighted by Crippen LogP contribution is -2.28. The summed E-state index contributed by atoms with van der Waals surface area (Å²) < 4.78 is 32.2.